The lowest BCUT2D eigenvalue weighted by Gasteiger charge is -2.25. The van der Waals surface area contributed by atoms with E-state index in [1.54, 1.807) is 18.2 Å². The van der Waals surface area contributed by atoms with Crippen LogP contribution in [-0.4, -0.2) is 19.8 Å². The molecule has 1 aromatic rings. The molecule has 2 rings (SSSR count). The molecule has 1 heterocycles. The number of hydrogen-bond acceptors (Lipinski definition) is 2. The van der Waals surface area contributed by atoms with E-state index in [1.165, 1.54) is 0 Å². The molecule has 0 radical (unpaired) electrons. The van der Waals surface area contributed by atoms with Crippen molar-refractivity contribution in [2.75, 3.05) is 19.8 Å². The van der Waals surface area contributed by atoms with Gasteiger partial charge in [0.05, 0.1) is 11.6 Å². The number of hydrogen-bond donors (Lipinski definition) is 1. The third-order valence-electron chi connectivity index (χ3n) is 3.22. The predicted octanol–water partition coefficient (Wildman–Crippen LogP) is 2.39. The maximum absolute atomic E-state index is 13.7. The quantitative estimate of drug-likeness (QED) is 0.885. The number of nitrogens with two attached hydrogens (primary N) is 1. The molecule has 16 heavy (non-hydrogen) atoms. The fraction of sp³-hybridized carbons (Fsp3) is 0.500. The molecule has 1 aliphatic rings. The molecule has 1 aromatic carbocycles. The molecular weight excluding hydrogens is 229 g/mol. The van der Waals surface area contributed by atoms with Crippen LogP contribution < -0.4 is 5.73 Å². The van der Waals surface area contributed by atoms with Gasteiger partial charge in [0.25, 0.3) is 0 Å². The van der Waals surface area contributed by atoms with Gasteiger partial charge in [-0.1, -0.05) is 23.7 Å². The summed E-state index contributed by atoms with van der Waals surface area (Å²) >= 11 is 5.75. The minimum Gasteiger partial charge on any atom is -0.381 e. The van der Waals surface area contributed by atoms with E-state index in [0.717, 1.165) is 6.42 Å². The molecular formula is C12H15ClFNO. The Hall–Kier alpha value is -0.640. The summed E-state index contributed by atoms with van der Waals surface area (Å²) < 4.78 is 19.1. The molecule has 1 fully saturated rings. The highest BCUT2D eigenvalue weighted by molar-refractivity contribution is 6.30. The molecule has 1 atom stereocenters. The number of halogens is 2. The summed E-state index contributed by atoms with van der Waals surface area (Å²) in [5.41, 5.74) is 6.28. The third kappa shape index (κ3) is 2.21. The van der Waals surface area contributed by atoms with Gasteiger partial charge in [0, 0.05) is 18.6 Å². The van der Waals surface area contributed by atoms with Gasteiger partial charge in [0.15, 0.2) is 0 Å². The number of ether oxygens (including phenoxy) is 1. The monoisotopic (exact) mass is 243 g/mol. The molecule has 2 N–H and O–H groups in total. The Morgan fingerprint density at radius 1 is 1.50 bits per heavy atom. The second kappa shape index (κ2) is 4.70. The maximum atomic E-state index is 13.7. The molecule has 2 nitrogen and oxygen atoms in total. The van der Waals surface area contributed by atoms with Crippen LogP contribution in [0.1, 0.15) is 12.0 Å². The maximum Gasteiger partial charge on any atom is 0.144 e. The van der Waals surface area contributed by atoms with Crippen LogP contribution in [-0.2, 0) is 11.2 Å². The fourth-order valence-electron chi connectivity index (χ4n) is 2.11. The van der Waals surface area contributed by atoms with Crippen LogP contribution in [0.15, 0.2) is 18.2 Å². The second-order valence-electron chi connectivity index (χ2n) is 4.40. The Kier molecular flexibility index (Phi) is 3.47. The average Bonchev–Trinajstić information content (AvgIpc) is 2.74. The van der Waals surface area contributed by atoms with Crippen molar-refractivity contribution in [3.05, 3.63) is 34.6 Å². The third-order valence-corrected chi connectivity index (χ3v) is 3.51. The van der Waals surface area contributed by atoms with Gasteiger partial charge in [0.2, 0.25) is 0 Å². The smallest absolute Gasteiger partial charge is 0.144 e. The first kappa shape index (κ1) is 11.8. The van der Waals surface area contributed by atoms with Crippen LogP contribution in [0.4, 0.5) is 4.39 Å². The lowest BCUT2D eigenvalue weighted by atomic mass is 9.81. The summed E-state index contributed by atoms with van der Waals surface area (Å²) in [6, 6.07) is 5.08. The zero-order valence-electron chi connectivity index (χ0n) is 9.01. The van der Waals surface area contributed by atoms with Gasteiger partial charge in [-0.05, 0) is 24.5 Å². The minimum absolute atomic E-state index is 0.120. The first-order valence-corrected chi connectivity index (χ1v) is 5.75. The molecule has 1 saturated heterocycles. The van der Waals surface area contributed by atoms with Crippen molar-refractivity contribution in [1.82, 2.24) is 0 Å². The first-order chi connectivity index (χ1) is 7.67. The van der Waals surface area contributed by atoms with E-state index < -0.39 is 0 Å². The largest absolute Gasteiger partial charge is 0.381 e. The van der Waals surface area contributed by atoms with Crippen LogP contribution in [0.2, 0.25) is 5.02 Å². The van der Waals surface area contributed by atoms with Crippen molar-refractivity contribution in [2.45, 2.75) is 12.8 Å². The van der Waals surface area contributed by atoms with E-state index in [1.807, 2.05) is 0 Å². The van der Waals surface area contributed by atoms with Gasteiger partial charge in [-0.25, -0.2) is 4.39 Å². The highest BCUT2D eigenvalue weighted by atomic mass is 35.5. The topological polar surface area (TPSA) is 35.2 Å². The van der Waals surface area contributed by atoms with Crippen LogP contribution in [0.3, 0.4) is 0 Å². The van der Waals surface area contributed by atoms with Crippen LogP contribution >= 0.6 is 11.6 Å². The van der Waals surface area contributed by atoms with E-state index in [0.29, 0.717) is 31.7 Å². The van der Waals surface area contributed by atoms with Gasteiger partial charge < -0.3 is 10.5 Å². The van der Waals surface area contributed by atoms with Crippen molar-refractivity contribution < 1.29 is 9.13 Å². The van der Waals surface area contributed by atoms with Crippen LogP contribution in [0.25, 0.3) is 0 Å². The van der Waals surface area contributed by atoms with E-state index >= 15 is 0 Å². The Morgan fingerprint density at radius 3 is 2.94 bits per heavy atom. The highest BCUT2D eigenvalue weighted by Crippen LogP contribution is 2.33. The Balaban J connectivity index is 2.22. The van der Waals surface area contributed by atoms with Crippen LogP contribution in [0.5, 0.6) is 0 Å². The lowest BCUT2D eigenvalue weighted by Crippen LogP contribution is -2.33. The zero-order chi connectivity index (χ0) is 11.6. The van der Waals surface area contributed by atoms with Gasteiger partial charge in [0.1, 0.15) is 5.82 Å². The SMILES string of the molecule is NCC1(Cc2cccc(Cl)c2F)CCOC1. The summed E-state index contributed by atoms with van der Waals surface area (Å²) in [5.74, 6) is -0.330. The first-order valence-electron chi connectivity index (χ1n) is 5.38. The van der Waals surface area contributed by atoms with Gasteiger partial charge in [-0.15, -0.1) is 0 Å². The van der Waals surface area contributed by atoms with Gasteiger partial charge in [-0.3, -0.25) is 0 Å². The normalized spacial score (nSPS) is 24.9. The number of rotatable bonds is 3. The Bertz CT molecular complexity index is 377. The summed E-state index contributed by atoms with van der Waals surface area (Å²) in [6.07, 6.45) is 1.48. The molecule has 88 valence electrons. The van der Waals surface area contributed by atoms with Crippen molar-refractivity contribution >= 4 is 11.6 Å². The molecule has 0 aliphatic carbocycles. The molecule has 0 aromatic heterocycles. The molecule has 1 unspecified atom stereocenters. The Morgan fingerprint density at radius 2 is 2.31 bits per heavy atom. The van der Waals surface area contributed by atoms with Crippen molar-refractivity contribution in [3.63, 3.8) is 0 Å². The van der Waals surface area contributed by atoms with E-state index in [-0.39, 0.29) is 16.3 Å². The van der Waals surface area contributed by atoms with Crippen LogP contribution in [0, 0.1) is 11.2 Å². The zero-order valence-corrected chi connectivity index (χ0v) is 9.77. The minimum atomic E-state index is -0.330. The highest BCUT2D eigenvalue weighted by Gasteiger charge is 2.34. The second-order valence-corrected chi connectivity index (χ2v) is 4.80. The molecule has 0 spiro atoms. The molecule has 0 bridgehead atoms. The molecule has 0 saturated carbocycles. The van der Waals surface area contributed by atoms with Crippen molar-refractivity contribution in [3.8, 4) is 0 Å². The summed E-state index contributed by atoms with van der Waals surface area (Å²) in [4.78, 5) is 0. The van der Waals surface area contributed by atoms with Gasteiger partial charge in [-0.2, -0.15) is 0 Å². The molecule has 0 amide bonds. The van der Waals surface area contributed by atoms with Crippen molar-refractivity contribution in [2.24, 2.45) is 11.1 Å². The van der Waals surface area contributed by atoms with E-state index in [9.17, 15) is 4.39 Å². The van der Waals surface area contributed by atoms with E-state index in [4.69, 9.17) is 22.1 Å². The van der Waals surface area contributed by atoms with Gasteiger partial charge >= 0.3 is 0 Å². The summed E-state index contributed by atoms with van der Waals surface area (Å²) in [6.45, 7) is 1.83. The lowest BCUT2D eigenvalue weighted by molar-refractivity contribution is 0.154. The Labute approximate surface area is 99.5 Å². The predicted molar refractivity (Wildman–Crippen MR) is 62.0 cm³/mol. The summed E-state index contributed by atoms with van der Waals surface area (Å²) in [7, 11) is 0. The molecule has 4 heteroatoms. The van der Waals surface area contributed by atoms with E-state index in [2.05, 4.69) is 0 Å². The number of benzene rings is 1. The summed E-state index contributed by atoms with van der Waals surface area (Å²) in [5, 5.41) is 0.170. The molecule has 1 aliphatic heterocycles. The van der Waals surface area contributed by atoms with Crippen molar-refractivity contribution in [1.29, 1.82) is 0 Å². The average molecular weight is 244 g/mol. The fourth-order valence-corrected chi connectivity index (χ4v) is 2.31. The standard InChI is InChI=1S/C12H15ClFNO/c13-10-3-1-2-9(11(10)14)6-12(7-15)4-5-16-8-12/h1-3H,4-8,15H2.